The first-order valence-corrected chi connectivity index (χ1v) is 8.54. The number of amides is 1. The molecule has 0 bridgehead atoms. The van der Waals surface area contributed by atoms with Crippen LogP contribution in [0.1, 0.15) is 43.4 Å². The highest BCUT2D eigenvalue weighted by atomic mass is 32.2. The predicted octanol–water partition coefficient (Wildman–Crippen LogP) is 0.00200. The molecule has 1 aromatic heterocycles. The summed E-state index contributed by atoms with van der Waals surface area (Å²) >= 11 is 0. The SMILES string of the molecule is CCCc1[nH]nc(C(=O)NCC(C)(C)NS(C)(=O)=O)c1N. The second kappa shape index (κ2) is 6.44. The monoisotopic (exact) mass is 317 g/mol. The van der Waals surface area contributed by atoms with E-state index < -0.39 is 21.5 Å². The lowest BCUT2D eigenvalue weighted by Gasteiger charge is -2.25. The third-order valence-electron chi connectivity index (χ3n) is 2.75. The number of nitrogens with zero attached hydrogens (tertiary/aromatic N) is 1. The Morgan fingerprint density at radius 3 is 2.57 bits per heavy atom. The zero-order valence-electron chi connectivity index (χ0n) is 12.8. The number of anilines is 1. The molecule has 9 heteroatoms. The number of aromatic amines is 1. The maximum Gasteiger partial charge on any atom is 0.274 e. The lowest BCUT2D eigenvalue weighted by Crippen LogP contribution is -2.51. The Balaban J connectivity index is 2.70. The number of rotatable bonds is 7. The number of nitrogen functional groups attached to an aromatic ring is 1. The molecular formula is C12H23N5O3S. The van der Waals surface area contributed by atoms with Gasteiger partial charge in [0.2, 0.25) is 10.0 Å². The summed E-state index contributed by atoms with van der Waals surface area (Å²) in [6.45, 7) is 5.46. The molecule has 0 atom stereocenters. The smallest absolute Gasteiger partial charge is 0.274 e. The Labute approximate surface area is 124 Å². The first kappa shape index (κ1) is 17.4. The molecule has 1 amide bonds. The van der Waals surface area contributed by atoms with Gasteiger partial charge in [-0.05, 0) is 20.3 Å². The molecule has 0 radical (unpaired) electrons. The highest BCUT2D eigenvalue weighted by Crippen LogP contribution is 2.15. The molecule has 1 aromatic rings. The van der Waals surface area contributed by atoms with Gasteiger partial charge in [-0.2, -0.15) is 5.10 Å². The van der Waals surface area contributed by atoms with E-state index in [4.69, 9.17) is 5.73 Å². The van der Waals surface area contributed by atoms with Crippen LogP contribution in [0.3, 0.4) is 0 Å². The van der Waals surface area contributed by atoms with Gasteiger partial charge in [0.1, 0.15) is 0 Å². The van der Waals surface area contributed by atoms with Gasteiger partial charge in [0.15, 0.2) is 5.69 Å². The summed E-state index contributed by atoms with van der Waals surface area (Å²) in [5.74, 6) is -0.436. The van der Waals surface area contributed by atoms with Crippen LogP contribution in [-0.2, 0) is 16.4 Å². The lowest BCUT2D eigenvalue weighted by molar-refractivity contribution is 0.0940. The van der Waals surface area contributed by atoms with Crippen LogP contribution in [0.4, 0.5) is 5.69 Å². The number of H-pyrrole nitrogens is 1. The summed E-state index contributed by atoms with van der Waals surface area (Å²) < 4.78 is 24.9. The molecule has 120 valence electrons. The Bertz CT molecular complexity index is 606. The summed E-state index contributed by atoms with van der Waals surface area (Å²) in [6, 6.07) is 0. The number of hydrogen-bond acceptors (Lipinski definition) is 5. The molecule has 0 unspecified atom stereocenters. The zero-order chi connectivity index (χ0) is 16.3. The molecule has 0 aliphatic rings. The van der Waals surface area contributed by atoms with Crippen LogP contribution in [0, 0.1) is 0 Å². The van der Waals surface area contributed by atoms with Crippen molar-refractivity contribution in [2.24, 2.45) is 0 Å². The standard InChI is InChI=1S/C12H23N5O3S/c1-5-6-8-9(13)10(16-15-8)11(18)14-7-12(2,3)17-21(4,19)20/h17H,5-7,13H2,1-4H3,(H,14,18)(H,15,16). The van der Waals surface area contributed by atoms with Crippen molar-refractivity contribution >= 4 is 21.6 Å². The molecule has 5 N–H and O–H groups in total. The number of sulfonamides is 1. The van der Waals surface area contributed by atoms with Crippen LogP contribution in [0.15, 0.2) is 0 Å². The van der Waals surface area contributed by atoms with E-state index in [0.29, 0.717) is 12.1 Å². The highest BCUT2D eigenvalue weighted by Gasteiger charge is 2.24. The number of nitrogens with one attached hydrogen (secondary N) is 3. The number of hydrogen-bond donors (Lipinski definition) is 4. The van der Waals surface area contributed by atoms with Crippen molar-refractivity contribution < 1.29 is 13.2 Å². The van der Waals surface area contributed by atoms with Crippen LogP contribution in [-0.4, -0.2) is 42.9 Å². The van der Waals surface area contributed by atoms with E-state index in [1.165, 1.54) is 0 Å². The Morgan fingerprint density at radius 1 is 1.43 bits per heavy atom. The number of aromatic nitrogens is 2. The maximum atomic E-state index is 12.0. The molecule has 21 heavy (non-hydrogen) atoms. The zero-order valence-corrected chi connectivity index (χ0v) is 13.6. The summed E-state index contributed by atoms with van der Waals surface area (Å²) in [4.78, 5) is 12.0. The molecule has 1 rings (SSSR count). The van der Waals surface area contributed by atoms with Crippen LogP contribution < -0.4 is 15.8 Å². The van der Waals surface area contributed by atoms with Gasteiger partial charge in [-0.15, -0.1) is 0 Å². The molecule has 0 saturated carbocycles. The van der Waals surface area contributed by atoms with E-state index in [9.17, 15) is 13.2 Å². The fourth-order valence-electron chi connectivity index (χ4n) is 1.92. The van der Waals surface area contributed by atoms with Crippen LogP contribution >= 0.6 is 0 Å². The third kappa shape index (κ3) is 5.35. The molecule has 0 spiro atoms. The Morgan fingerprint density at radius 2 is 2.05 bits per heavy atom. The van der Waals surface area contributed by atoms with Crippen molar-refractivity contribution in [1.29, 1.82) is 0 Å². The van der Waals surface area contributed by atoms with Gasteiger partial charge in [-0.3, -0.25) is 9.89 Å². The van der Waals surface area contributed by atoms with Gasteiger partial charge >= 0.3 is 0 Å². The van der Waals surface area contributed by atoms with E-state index in [-0.39, 0.29) is 12.2 Å². The van der Waals surface area contributed by atoms with Gasteiger partial charge in [-0.1, -0.05) is 13.3 Å². The fourth-order valence-corrected chi connectivity index (χ4v) is 3.00. The van der Waals surface area contributed by atoms with Crippen molar-refractivity contribution in [3.63, 3.8) is 0 Å². The normalized spacial score (nSPS) is 12.4. The molecular weight excluding hydrogens is 294 g/mol. The minimum absolute atomic E-state index is 0.119. The predicted molar refractivity (Wildman–Crippen MR) is 81.4 cm³/mol. The second-order valence-electron chi connectivity index (χ2n) is 5.66. The minimum atomic E-state index is -3.35. The van der Waals surface area contributed by atoms with E-state index in [1.54, 1.807) is 13.8 Å². The molecule has 0 aliphatic heterocycles. The number of carbonyl (C=O) groups is 1. The van der Waals surface area contributed by atoms with Gasteiger partial charge in [0.05, 0.1) is 17.6 Å². The molecule has 1 heterocycles. The van der Waals surface area contributed by atoms with Gasteiger partial charge in [0.25, 0.3) is 5.91 Å². The minimum Gasteiger partial charge on any atom is -0.395 e. The lowest BCUT2D eigenvalue weighted by atomic mass is 10.1. The molecule has 8 nitrogen and oxygen atoms in total. The first-order valence-electron chi connectivity index (χ1n) is 6.65. The van der Waals surface area contributed by atoms with E-state index in [2.05, 4.69) is 20.2 Å². The molecule has 0 aliphatic carbocycles. The van der Waals surface area contributed by atoms with E-state index in [1.807, 2.05) is 6.92 Å². The largest absolute Gasteiger partial charge is 0.395 e. The summed E-state index contributed by atoms with van der Waals surface area (Å²) in [5, 5.41) is 9.28. The topological polar surface area (TPSA) is 130 Å². The van der Waals surface area contributed by atoms with Crippen LogP contribution in [0.2, 0.25) is 0 Å². The van der Waals surface area contributed by atoms with Crippen molar-refractivity contribution in [3.05, 3.63) is 11.4 Å². The molecule has 0 aromatic carbocycles. The van der Waals surface area contributed by atoms with Crippen LogP contribution in [0.25, 0.3) is 0 Å². The van der Waals surface area contributed by atoms with Crippen molar-refractivity contribution in [1.82, 2.24) is 20.2 Å². The highest BCUT2D eigenvalue weighted by molar-refractivity contribution is 7.88. The van der Waals surface area contributed by atoms with Crippen molar-refractivity contribution in [2.45, 2.75) is 39.2 Å². The fraction of sp³-hybridized carbons (Fsp3) is 0.667. The first-order chi connectivity index (χ1) is 9.56. The number of carbonyl (C=O) groups excluding carboxylic acids is 1. The molecule has 0 saturated heterocycles. The summed E-state index contributed by atoms with van der Waals surface area (Å²) in [5.41, 5.74) is 6.26. The second-order valence-corrected chi connectivity index (χ2v) is 7.40. The van der Waals surface area contributed by atoms with E-state index in [0.717, 1.165) is 18.4 Å². The average molecular weight is 317 g/mol. The van der Waals surface area contributed by atoms with Crippen molar-refractivity contribution in [3.8, 4) is 0 Å². The Kier molecular flexibility index (Phi) is 5.35. The third-order valence-corrected chi connectivity index (χ3v) is 3.67. The summed E-state index contributed by atoms with van der Waals surface area (Å²) in [7, 11) is -3.35. The van der Waals surface area contributed by atoms with Gasteiger partial charge < -0.3 is 11.1 Å². The quantitative estimate of drug-likeness (QED) is 0.562. The molecule has 0 fully saturated rings. The van der Waals surface area contributed by atoms with Gasteiger partial charge in [-0.25, -0.2) is 13.1 Å². The van der Waals surface area contributed by atoms with Gasteiger partial charge in [0, 0.05) is 12.1 Å². The number of nitrogens with two attached hydrogens (primary N) is 1. The van der Waals surface area contributed by atoms with Crippen LogP contribution in [0.5, 0.6) is 0 Å². The Hall–Kier alpha value is -1.61. The average Bonchev–Trinajstić information content (AvgIpc) is 2.66. The summed E-state index contributed by atoms with van der Waals surface area (Å²) in [6.07, 6.45) is 2.67. The van der Waals surface area contributed by atoms with E-state index >= 15 is 0 Å². The number of aryl methyl sites for hydroxylation is 1. The van der Waals surface area contributed by atoms with Crippen molar-refractivity contribution in [2.75, 3.05) is 18.5 Å². The maximum absolute atomic E-state index is 12.0.